The van der Waals surface area contributed by atoms with E-state index in [0.717, 1.165) is 0 Å². The van der Waals surface area contributed by atoms with Crippen molar-refractivity contribution < 1.29 is 27.1 Å². The molecule has 192 valence electrons. The van der Waals surface area contributed by atoms with Crippen LogP contribution in [0.3, 0.4) is 0 Å². The summed E-state index contributed by atoms with van der Waals surface area (Å²) >= 11 is 0. The van der Waals surface area contributed by atoms with Crippen LogP contribution in [0.1, 0.15) is 44.7 Å². The van der Waals surface area contributed by atoms with Crippen LogP contribution < -0.4 is 21.1 Å². The van der Waals surface area contributed by atoms with E-state index in [1.165, 1.54) is 12.1 Å². The minimum Gasteiger partial charge on any atom is -0.492 e. The first-order valence-corrected chi connectivity index (χ1v) is 11.9. The molecule has 2 unspecified atom stereocenters. The summed E-state index contributed by atoms with van der Waals surface area (Å²) in [6, 6.07) is 8.31. The Hall–Kier alpha value is -3.29. The number of nitriles is 1. The summed E-state index contributed by atoms with van der Waals surface area (Å²) in [5.41, 5.74) is 5.24. The maximum absolute atomic E-state index is 14.3. The number of nitrogens with one attached hydrogen (secondary N) is 2. The van der Waals surface area contributed by atoms with Gasteiger partial charge in [-0.1, -0.05) is 26.0 Å². The van der Waals surface area contributed by atoms with E-state index in [9.17, 15) is 23.2 Å². The Bertz CT molecular complexity index is 1290. The quantitative estimate of drug-likeness (QED) is 0.370. The van der Waals surface area contributed by atoms with Crippen molar-refractivity contribution in [3.05, 3.63) is 42.0 Å². The Morgan fingerprint density at radius 2 is 1.94 bits per heavy atom. The molecule has 0 radical (unpaired) electrons. The highest BCUT2D eigenvalue weighted by Gasteiger charge is 2.47. The SMILES string of the molecule is CC(C)CC(NC(c1ccc2c(c1)oc1ccc(OCCN)cc12)C(F)(F)F)C(=O)NC1(C#N)CC1. The number of nitrogens with two attached hydrogens (primary N) is 1. The lowest BCUT2D eigenvalue weighted by Gasteiger charge is -2.29. The van der Waals surface area contributed by atoms with Crippen LogP contribution in [0.15, 0.2) is 40.8 Å². The van der Waals surface area contributed by atoms with Crippen molar-refractivity contribution in [3.8, 4) is 11.8 Å². The van der Waals surface area contributed by atoms with E-state index in [2.05, 4.69) is 10.6 Å². The van der Waals surface area contributed by atoms with Gasteiger partial charge in [0.15, 0.2) is 0 Å². The number of hydrogen-bond donors (Lipinski definition) is 3. The number of hydrogen-bond acceptors (Lipinski definition) is 6. The Balaban J connectivity index is 1.65. The minimum absolute atomic E-state index is 0.0482. The van der Waals surface area contributed by atoms with Crippen LogP contribution in [-0.4, -0.2) is 36.8 Å². The van der Waals surface area contributed by atoms with Gasteiger partial charge in [0.25, 0.3) is 0 Å². The highest BCUT2D eigenvalue weighted by Crippen LogP contribution is 2.38. The van der Waals surface area contributed by atoms with E-state index in [4.69, 9.17) is 14.9 Å². The summed E-state index contributed by atoms with van der Waals surface area (Å²) in [5.74, 6) is -0.0670. The van der Waals surface area contributed by atoms with Crippen LogP contribution in [0.4, 0.5) is 13.2 Å². The Morgan fingerprint density at radius 1 is 1.19 bits per heavy atom. The summed E-state index contributed by atoms with van der Waals surface area (Å²) in [4.78, 5) is 12.9. The number of amides is 1. The monoisotopic (exact) mass is 502 g/mol. The van der Waals surface area contributed by atoms with Gasteiger partial charge in [-0.05, 0) is 55.0 Å². The third-order valence-electron chi connectivity index (χ3n) is 6.23. The van der Waals surface area contributed by atoms with Crippen molar-refractivity contribution in [1.82, 2.24) is 10.6 Å². The summed E-state index contributed by atoms with van der Waals surface area (Å²) in [5, 5.41) is 15.8. The molecule has 4 rings (SSSR count). The smallest absolute Gasteiger partial charge is 0.407 e. The number of furan rings is 1. The zero-order valence-corrected chi connectivity index (χ0v) is 20.1. The summed E-state index contributed by atoms with van der Waals surface area (Å²) < 4.78 is 54.1. The molecule has 1 aliphatic carbocycles. The molecule has 1 heterocycles. The van der Waals surface area contributed by atoms with Gasteiger partial charge in [-0.2, -0.15) is 18.4 Å². The minimum atomic E-state index is -4.68. The molecule has 0 bridgehead atoms. The van der Waals surface area contributed by atoms with Gasteiger partial charge in [-0.15, -0.1) is 0 Å². The molecule has 1 fully saturated rings. The van der Waals surface area contributed by atoms with Crippen LogP contribution in [0.2, 0.25) is 0 Å². The maximum Gasteiger partial charge on any atom is 0.407 e. The molecule has 36 heavy (non-hydrogen) atoms. The van der Waals surface area contributed by atoms with Gasteiger partial charge in [0, 0.05) is 17.3 Å². The number of nitrogens with zero attached hydrogens (tertiary/aromatic N) is 1. The molecule has 2 aromatic carbocycles. The van der Waals surface area contributed by atoms with E-state index >= 15 is 0 Å². The van der Waals surface area contributed by atoms with Crippen LogP contribution in [0, 0.1) is 17.2 Å². The number of carbonyl (C=O) groups is 1. The van der Waals surface area contributed by atoms with Gasteiger partial charge >= 0.3 is 6.18 Å². The number of rotatable bonds is 10. The number of fused-ring (bicyclic) bond motifs is 3. The average Bonchev–Trinajstić information content (AvgIpc) is 3.50. The van der Waals surface area contributed by atoms with Crippen molar-refractivity contribution in [2.75, 3.05) is 13.2 Å². The fraction of sp³-hybridized carbons (Fsp3) is 0.462. The number of alkyl halides is 3. The predicted octanol–water partition coefficient (Wildman–Crippen LogP) is 4.70. The molecule has 0 spiro atoms. The van der Waals surface area contributed by atoms with E-state index in [1.807, 2.05) is 19.9 Å². The Labute approximate surface area is 206 Å². The Kier molecular flexibility index (Phi) is 7.16. The molecule has 1 aromatic heterocycles. The largest absolute Gasteiger partial charge is 0.492 e. The molecule has 10 heteroatoms. The normalized spacial score (nSPS) is 16.6. The first-order valence-electron chi connectivity index (χ1n) is 11.9. The molecule has 1 saturated carbocycles. The highest BCUT2D eigenvalue weighted by atomic mass is 19.4. The summed E-state index contributed by atoms with van der Waals surface area (Å²) in [6.07, 6.45) is -3.51. The van der Waals surface area contributed by atoms with Gasteiger partial charge in [-0.25, -0.2) is 0 Å². The van der Waals surface area contributed by atoms with Crippen molar-refractivity contribution in [3.63, 3.8) is 0 Å². The molecule has 3 aromatic rings. The van der Waals surface area contributed by atoms with Crippen LogP contribution in [-0.2, 0) is 4.79 Å². The lowest BCUT2D eigenvalue weighted by molar-refractivity contribution is -0.161. The number of ether oxygens (including phenoxy) is 1. The van der Waals surface area contributed by atoms with Crippen LogP contribution in [0.5, 0.6) is 5.75 Å². The topological polar surface area (TPSA) is 113 Å². The standard InChI is InChI=1S/C26H29F3N4O3/c1-15(2)11-20(24(34)33-25(14-31)7-8-25)32-23(26(27,28)29)16-3-5-18-19-13-17(35-10-9-30)4-6-21(19)36-22(18)12-16/h3-6,12-13,15,20,23,32H,7-11,30H2,1-2H3,(H,33,34). The summed E-state index contributed by atoms with van der Waals surface area (Å²) in [7, 11) is 0. The molecule has 4 N–H and O–H groups in total. The van der Waals surface area contributed by atoms with Gasteiger partial charge in [0.2, 0.25) is 5.91 Å². The molecule has 2 atom stereocenters. The number of halogens is 3. The van der Waals surface area contributed by atoms with Crippen LogP contribution in [0.25, 0.3) is 21.9 Å². The summed E-state index contributed by atoms with van der Waals surface area (Å²) in [6.45, 7) is 4.35. The lowest BCUT2D eigenvalue weighted by Crippen LogP contribution is -2.52. The molecule has 1 aliphatic rings. The molecule has 0 aliphatic heterocycles. The van der Waals surface area contributed by atoms with Gasteiger partial charge in [0.1, 0.15) is 35.1 Å². The molecular weight excluding hydrogens is 473 g/mol. The predicted molar refractivity (Wildman–Crippen MR) is 129 cm³/mol. The van der Waals surface area contributed by atoms with Gasteiger partial charge < -0.3 is 20.2 Å². The second-order valence-electron chi connectivity index (χ2n) is 9.66. The maximum atomic E-state index is 14.3. The van der Waals surface area contributed by atoms with Crippen molar-refractivity contribution >= 4 is 27.8 Å². The second-order valence-corrected chi connectivity index (χ2v) is 9.66. The van der Waals surface area contributed by atoms with Crippen LogP contribution >= 0.6 is 0 Å². The Morgan fingerprint density at radius 3 is 2.56 bits per heavy atom. The molecule has 0 saturated heterocycles. The average molecular weight is 503 g/mol. The second kappa shape index (κ2) is 9.99. The third kappa shape index (κ3) is 5.58. The van der Waals surface area contributed by atoms with Crippen molar-refractivity contribution in [1.29, 1.82) is 5.26 Å². The first kappa shape index (κ1) is 25.8. The fourth-order valence-electron chi connectivity index (χ4n) is 4.23. The van der Waals surface area contributed by atoms with E-state index in [0.29, 0.717) is 53.7 Å². The van der Waals surface area contributed by atoms with Gasteiger partial charge in [-0.3, -0.25) is 10.1 Å². The molecule has 1 amide bonds. The van der Waals surface area contributed by atoms with E-state index in [1.54, 1.807) is 24.3 Å². The first-order chi connectivity index (χ1) is 17.0. The van der Waals surface area contributed by atoms with E-state index in [-0.39, 0.29) is 17.9 Å². The molecular formula is C26H29F3N4O3. The van der Waals surface area contributed by atoms with E-state index < -0.39 is 29.7 Å². The van der Waals surface area contributed by atoms with Gasteiger partial charge in [0.05, 0.1) is 12.1 Å². The fourth-order valence-corrected chi connectivity index (χ4v) is 4.23. The third-order valence-corrected chi connectivity index (χ3v) is 6.23. The number of carbonyl (C=O) groups excluding carboxylic acids is 1. The highest BCUT2D eigenvalue weighted by molar-refractivity contribution is 6.05. The molecule has 7 nitrogen and oxygen atoms in total. The zero-order valence-electron chi connectivity index (χ0n) is 20.1. The zero-order chi connectivity index (χ0) is 26.1. The number of benzene rings is 2. The lowest BCUT2D eigenvalue weighted by atomic mass is 9.98. The van der Waals surface area contributed by atoms with Crippen molar-refractivity contribution in [2.45, 2.75) is 56.9 Å². The van der Waals surface area contributed by atoms with Crippen molar-refractivity contribution in [2.24, 2.45) is 11.7 Å².